The summed E-state index contributed by atoms with van der Waals surface area (Å²) in [7, 11) is 0. The van der Waals surface area contributed by atoms with Crippen molar-refractivity contribution in [2.75, 3.05) is 32.7 Å². The minimum Gasteiger partial charge on any atom is -0.374 e. The van der Waals surface area contributed by atoms with Gasteiger partial charge in [0.15, 0.2) is 0 Å². The van der Waals surface area contributed by atoms with E-state index in [1.54, 1.807) is 0 Å². The van der Waals surface area contributed by atoms with E-state index in [0.717, 1.165) is 32.6 Å². The quantitative estimate of drug-likeness (QED) is 0.775. The Morgan fingerprint density at radius 1 is 1.22 bits per heavy atom. The number of rotatable bonds is 7. The van der Waals surface area contributed by atoms with Crippen LogP contribution < -0.4 is 5.32 Å². The molecule has 1 N–H and O–H groups in total. The highest BCUT2D eigenvalue weighted by molar-refractivity contribution is 4.91. The Morgan fingerprint density at radius 3 is 2.61 bits per heavy atom. The minimum absolute atomic E-state index is 0.0985. The second kappa shape index (κ2) is 8.75. The summed E-state index contributed by atoms with van der Waals surface area (Å²) in [6.45, 7) is 15.5. The van der Waals surface area contributed by atoms with Crippen LogP contribution in [0.3, 0.4) is 0 Å². The van der Waals surface area contributed by atoms with Crippen LogP contribution in [-0.4, -0.2) is 79.0 Å². The molecule has 0 aromatic heterocycles. The van der Waals surface area contributed by atoms with Crippen LogP contribution in [0.5, 0.6) is 0 Å². The maximum absolute atomic E-state index is 14.0. The number of piperazine rings is 1. The zero-order valence-corrected chi connectivity index (χ0v) is 15.6. The highest BCUT2D eigenvalue weighted by Gasteiger charge is 2.37. The third-order valence-electron chi connectivity index (χ3n) is 5.24. The molecule has 0 unspecified atom stereocenters. The van der Waals surface area contributed by atoms with Gasteiger partial charge in [-0.25, -0.2) is 4.39 Å². The number of alkyl halides is 1. The van der Waals surface area contributed by atoms with Crippen molar-refractivity contribution in [3.63, 3.8) is 0 Å². The number of nitrogens with one attached hydrogen (secondary N) is 1. The number of likely N-dealkylation sites (tertiary alicyclic amines) is 1. The zero-order chi connectivity index (χ0) is 17.0. The molecule has 2 saturated heterocycles. The third kappa shape index (κ3) is 5.38. The Labute approximate surface area is 141 Å². The number of hydrogen-bond acceptors (Lipinski definition) is 4. The van der Waals surface area contributed by atoms with Crippen LogP contribution in [0.1, 0.15) is 47.5 Å². The van der Waals surface area contributed by atoms with Crippen molar-refractivity contribution in [2.24, 2.45) is 0 Å². The van der Waals surface area contributed by atoms with Crippen molar-refractivity contribution in [3.8, 4) is 0 Å². The van der Waals surface area contributed by atoms with E-state index in [9.17, 15) is 4.39 Å². The first-order valence-corrected chi connectivity index (χ1v) is 9.38. The van der Waals surface area contributed by atoms with Gasteiger partial charge in [0.05, 0.1) is 12.2 Å². The molecule has 0 aromatic rings. The summed E-state index contributed by atoms with van der Waals surface area (Å²) in [6.07, 6.45) is 1.31. The first-order chi connectivity index (χ1) is 10.9. The minimum atomic E-state index is -0.705. The van der Waals surface area contributed by atoms with Crippen LogP contribution >= 0.6 is 0 Å². The molecule has 2 fully saturated rings. The summed E-state index contributed by atoms with van der Waals surface area (Å²) >= 11 is 0. The van der Waals surface area contributed by atoms with Crippen molar-refractivity contribution < 1.29 is 9.13 Å². The van der Waals surface area contributed by atoms with Crippen LogP contribution in [0, 0.1) is 0 Å². The molecule has 2 aliphatic rings. The molecule has 2 heterocycles. The molecule has 0 bridgehead atoms. The fourth-order valence-corrected chi connectivity index (χ4v) is 4.18. The van der Waals surface area contributed by atoms with E-state index in [2.05, 4.69) is 49.7 Å². The number of hydrogen-bond donors (Lipinski definition) is 1. The molecule has 0 aliphatic carbocycles. The highest BCUT2D eigenvalue weighted by Crippen LogP contribution is 2.26. The number of nitrogens with zero attached hydrogens (tertiary/aromatic N) is 2. The van der Waals surface area contributed by atoms with Crippen molar-refractivity contribution >= 4 is 0 Å². The summed E-state index contributed by atoms with van der Waals surface area (Å²) in [4.78, 5) is 4.91. The molecule has 0 saturated carbocycles. The summed E-state index contributed by atoms with van der Waals surface area (Å²) in [5, 5.41) is 3.50. The van der Waals surface area contributed by atoms with Gasteiger partial charge in [-0.3, -0.25) is 9.80 Å². The van der Waals surface area contributed by atoms with Gasteiger partial charge in [-0.05, 0) is 47.5 Å². The fraction of sp³-hybridized carbons (Fsp3) is 1.00. The first-order valence-electron chi connectivity index (χ1n) is 9.38. The molecule has 136 valence electrons. The molecular formula is C18H36FN3O. The second-order valence-electron chi connectivity index (χ2n) is 7.76. The normalized spacial score (nSPS) is 32.1. The van der Waals surface area contributed by atoms with Crippen LogP contribution in [-0.2, 0) is 4.74 Å². The lowest BCUT2D eigenvalue weighted by molar-refractivity contribution is -0.0268. The predicted octanol–water partition coefficient (Wildman–Crippen LogP) is 2.28. The van der Waals surface area contributed by atoms with Crippen LogP contribution in [0.4, 0.5) is 4.39 Å². The van der Waals surface area contributed by atoms with Gasteiger partial charge >= 0.3 is 0 Å². The molecule has 23 heavy (non-hydrogen) atoms. The first kappa shape index (κ1) is 19.1. The summed E-state index contributed by atoms with van der Waals surface area (Å²) in [5.41, 5.74) is 0. The van der Waals surface area contributed by atoms with E-state index in [1.807, 2.05) is 0 Å². The van der Waals surface area contributed by atoms with E-state index in [4.69, 9.17) is 4.74 Å². The Morgan fingerprint density at radius 2 is 1.96 bits per heavy atom. The molecule has 5 heteroatoms. The predicted molar refractivity (Wildman–Crippen MR) is 93.7 cm³/mol. The monoisotopic (exact) mass is 329 g/mol. The van der Waals surface area contributed by atoms with Gasteiger partial charge in [0.2, 0.25) is 0 Å². The van der Waals surface area contributed by atoms with Gasteiger partial charge in [-0.15, -0.1) is 0 Å². The van der Waals surface area contributed by atoms with Crippen molar-refractivity contribution in [3.05, 3.63) is 0 Å². The lowest BCUT2D eigenvalue weighted by Crippen LogP contribution is -2.55. The van der Waals surface area contributed by atoms with Gasteiger partial charge < -0.3 is 10.1 Å². The Hall–Kier alpha value is -0.230. The maximum Gasteiger partial charge on any atom is 0.114 e. The average molecular weight is 330 g/mol. The molecule has 0 radical (unpaired) electrons. The van der Waals surface area contributed by atoms with Gasteiger partial charge in [-0.2, -0.15) is 0 Å². The Bertz CT molecular complexity index is 353. The van der Waals surface area contributed by atoms with Crippen LogP contribution in [0.25, 0.3) is 0 Å². The molecule has 0 amide bonds. The summed E-state index contributed by atoms with van der Waals surface area (Å²) in [5.74, 6) is 0. The average Bonchev–Trinajstić information content (AvgIpc) is 2.85. The van der Waals surface area contributed by atoms with E-state index in [0.29, 0.717) is 25.0 Å². The fourth-order valence-electron chi connectivity index (χ4n) is 4.18. The molecule has 0 spiro atoms. The largest absolute Gasteiger partial charge is 0.374 e. The van der Waals surface area contributed by atoms with Gasteiger partial charge in [-0.1, -0.05) is 0 Å². The summed E-state index contributed by atoms with van der Waals surface area (Å²) < 4.78 is 19.9. The smallest absolute Gasteiger partial charge is 0.114 e. The lowest BCUT2D eigenvalue weighted by Gasteiger charge is -2.40. The second-order valence-corrected chi connectivity index (χ2v) is 7.76. The van der Waals surface area contributed by atoms with Crippen LogP contribution in [0.2, 0.25) is 0 Å². The van der Waals surface area contributed by atoms with Crippen molar-refractivity contribution in [1.82, 2.24) is 15.1 Å². The topological polar surface area (TPSA) is 27.7 Å². The number of ether oxygens (including phenoxy) is 1. The SMILES string of the molecule is CC(C)O[C@@H](C)[C@@H]1C[C@H](F)CN1CC[C@H]1CNCCN1C(C)C. The lowest BCUT2D eigenvalue weighted by atomic mass is 10.1. The molecule has 2 rings (SSSR count). The van der Waals surface area contributed by atoms with Crippen LogP contribution in [0.15, 0.2) is 0 Å². The van der Waals surface area contributed by atoms with E-state index < -0.39 is 6.17 Å². The van der Waals surface area contributed by atoms with Crippen molar-refractivity contribution in [1.29, 1.82) is 0 Å². The van der Waals surface area contributed by atoms with E-state index in [-0.39, 0.29) is 18.2 Å². The Balaban J connectivity index is 1.89. The molecular weight excluding hydrogens is 293 g/mol. The van der Waals surface area contributed by atoms with Gasteiger partial charge in [0, 0.05) is 50.8 Å². The van der Waals surface area contributed by atoms with Crippen molar-refractivity contribution in [2.45, 2.75) is 84.0 Å². The molecule has 4 nitrogen and oxygen atoms in total. The summed E-state index contributed by atoms with van der Waals surface area (Å²) in [6, 6.07) is 1.36. The maximum atomic E-state index is 14.0. The van der Waals surface area contributed by atoms with E-state index >= 15 is 0 Å². The molecule has 2 aliphatic heterocycles. The van der Waals surface area contributed by atoms with E-state index in [1.165, 1.54) is 0 Å². The molecule has 4 atom stereocenters. The zero-order valence-electron chi connectivity index (χ0n) is 15.6. The van der Waals surface area contributed by atoms with Gasteiger partial charge in [0.25, 0.3) is 0 Å². The molecule has 0 aromatic carbocycles. The Kier molecular flexibility index (Phi) is 7.26. The third-order valence-corrected chi connectivity index (χ3v) is 5.24. The number of halogens is 1. The standard InChI is InChI=1S/C18H36FN3O/c1-13(2)22-9-7-20-11-17(22)6-8-21-12-16(19)10-18(21)15(5)23-14(3)4/h13-18,20H,6-12H2,1-5H3/t15-,16-,17-,18-/m0/s1. The van der Waals surface area contributed by atoms with Gasteiger partial charge in [0.1, 0.15) is 6.17 Å². The highest BCUT2D eigenvalue weighted by atomic mass is 19.1.